The molecule has 3 N–H and O–H groups in total. The lowest BCUT2D eigenvalue weighted by atomic mass is 10.1. The zero-order valence-electron chi connectivity index (χ0n) is 14.6. The van der Waals surface area contributed by atoms with Crippen molar-refractivity contribution in [3.8, 4) is 5.75 Å². The molecule has 6 nitrogen and oxygen atoms in total. The van der Waals surface area contributed by atoms with E-state index < -0.39 is 0 Å². The predicted octanol–water partition coefficient (Wildman–Crippen LogP) is 3.42. The van der Waals surface area contributed by atoms with Crippen LogP contribution in [-0.2, 0) is 6.42 Å². The van der Waals surface area contributed by atoms with Crippen LogP contribution in [0.5, 0.6) is 5.75 Å². The number of fused-ring (bicyclic) bond motifs is 1. The Morgan fingerprint density at radius 1 is 1.04 bits per heavy atom. The number of nitrogen functional groups attached to an aromatic ring is 1. The van der Waals surface area contributed by atoms with Crippen molar-refractivity contribution in [2.45, 2.75) is 26.2 Å². The quantitative estimate of drug-likeness (QED) is 0.643. The summed E-state index contributed by atoms with van der Waals surface area (Å²) in [5.74, 6) is 1.81. The third-order valence-corrected chi connectivity index (χ3v) is 3.98. The first-order chi connectivity index (χ1) is 12.2. The van der Waals surface area contributed by atoms with Crippen molar-refractivity contribution in [1.82, 2.24) is 15.0 Å². The van der Waals surface area contributed by atoms with E-state index in [1.165, 1.54) is 5.56 Å². The molecule has 2 aromatic heterocycles. The fourth-order valence-corrected chi connectivity index (χ4v) is 2.63. The lowest BCUT2D eigenvalue weighted by Crippen LogP contribution is -2.08. The predicted molar refractivity (Wildman–Crippen MR) is 101 cm³/mol. The highest BCUT2D eigenvalue weighted by atomic mass is 16.5. The van der Waals surface area contributed by atoms with E-state index in [4.69, 9.17) is 15.5 Å². The van der Waals surface area contributed by atoms with Gasteiger partial charge in [0.2, 0.25) is 5.95 Å². The summed E-state index contributed by atoms with van der Waals surface area (Å²) in [5.41, 5.74) is 9.46. The van der Waals surface area contributed by atoms with Crippen LogP contribution in [0.25, 0.3) is 11.0 Å². The molecule has 0 fully saturated rings. The van der Waals surface area contributed by atoms with E-state index in [9.17, 15) is 0 Å². The summed E-state index contributed by atoms with van der Waals surface area (Å²) in [7, 11) is 1.67. The van der Waals surface area contributed by atoms with Crippen LogP contribution in [0.1, 0.15) is 31.0 Å². The van der Waals surface area contributed by atoms with Crippen molar-refractivity contribution >= 4 is 22.8 Å². The van der Waals surface area contributed by atoms with Gasteiger partial charge in [-0.2, -0.15) is 4.98 Å². The molecule has 0 unspecified atom stereocenters. The Balaban J connectivity index is 1.88. The first-order valence-corrected chi connectivity index (χ1v) is 8.49. The van der Waals surface area contributed by atoms with E-state index in [0.717, 1.165) is 48.3 Å². The van der Waals surface area contributed by atoms with Crippen LogP contribution in [0, 0.1) is 0 Å². The van der Waals surface area contributed by atoms with Gasteiger partial charge in [0.15, 0.2) is 5.82 Å². The lowest BCUT2D eigenvalue weighted by molar-refractivity contribution is 0.414. The minimum atomic E-state index is 0.260. The number of ether oxygens (including phenoxy) is 1. The van der Waals surface area contributed by atoms with Crippen molar-refractivity contribution in [3.63, 3.8) is 0 Å². The van der Waals surface area contributed by atoms with Crippen molar-refractivity contribution < 1.29 is 4.74 Å². The second-order valence-electron chi connectivity index (χ2n) is 5.91. The van der Waals surface area contributed by atoms with Crippen LogP contribution >= 0.6 is 0 Å². The zero-order valence-corrected chi connectivity index (χ0v) is 14.6. The number of unbranched alkanes of at least 4 members (excludes halogenated alkanes) is 1. The topological polar surface area (TPSA) is 86.0 Å². The maximum absolute atomic E-state index is 5.82. The number of anilines is 2. The molecule has 3 aromatic rings. The SMILES string of the molecule is CCCCNc1nc(N)nc2ccc(Cc3ccc(OC)cc3)nc12. The fourth-order valence-electron chi connectivity index (χ4n) is 2.63. The molecule has 6 heteroatoms. The molecule has 0 atom stereocenters. The molecule has 0 spiro atoms. The number of benzene rings is 1. The molecule has 0 aliphatic heterocycles. The summed E-state index contributed by atoms with van der Waals surface area (Å²) in [6, 6.07) is 11.9. The molecule has 3 rings (SSSR count). The Hall–Kier alpha value is -2.89. The van der Waals surface area contributed by atoms with E-state index >= 15 is 0 Å². The number of hydrogen-bond acceptors (Lipinski definition) is 6. The van der Waals surface area contributed by atoms with Crippen LogP contribution in [0.15, 0.2) is 36.4 Å². The highest BCUT2D eigenvalue weighted by Crippen LogP contribution is 2.21. The molecule has 1 aromatic carbocycles. The number of nitrogens with zero attached hydrogens (tertiary/aromatic N) is 3. The molecule has 0 saturated carbocycles. The Morgan fingerprint density at radius 2 is 1.84 bits per heavy atom. The Labute approximate surface area is 147 Å². The second kappa shape index (κ2) is 7.79. The van der Waals surface area contributed by atoms with E-state index in [1.807, 2.05) is 36.4 Å². The average Bonchev–Trinajstić information content (AvgIpc) is 2.63. The van der Waals surface area contributed by atoms with E-state index in [1.54, 1.807) is 7.11 Å². The van der Waals surface area contributed by atoms with Crippen molar-refractivity contribution in [3.05, 3.63) is 47.7 Å². The molecular formula is C19H23N5O. The summed E-state index contributed by atoms with van der Waals surface area (Å²) >= 11 is 0. The summed E-state index contributed by atoms with van der Waals surface area (Å²) in [5, 5.41) is 3.33. The minimum Gasteiger partial charge on any atom is -0.497 e. The molecule has 0 aliphatic carbocycles. The lowest BCUT2D eigenvalue weighted by Gasteiger charge is -2.10. The second-order valence-corrected chi connectivity index (χ2v) is 5.91. The smallest absolute Gasteiger partial charge is 0.222 e. The molecule has 0 aliphatic rings. The molecule has 0 amide bonds. The van der Waals surface area contributed by atoms with Gasteiger partial charge in [-0.15, -0.1) is 0 Å². The highest BCUT2D eigenvalue weighted by molar-refractivity contribution is 5.86. The van der Waals surface area contributed by atoms with Gasteiger partial charge >= 0.3 is 0 Å². The molecule has 0 saturated heterocycles. The number of methoxy groups -OCH3 is 1. The third kappa shape index (κ3) is 4.15. The van der Waals surface area contributed by atoms with Gasteiger partial charge in [-0.05, 0) is 36.2 Å². The monoisotopic (exact) mass is 337 g/mol. The van der Waals surface area contributed by atoms with Gasteiger partial charge < -0.3 is 15.8 Å². The van der Waals surface area contributed by atoms with Crippen LogP contribution < -0.4 is 15.8 Å². The number of rotatable bonds is 7. The molecule has 2 heterocycles. The molecule has 130 valence electrons. The van der Waals surface area contributed by atoms with Gasteiger partial charge in [-0.25, -0.2) is 9.97 Å². The average molecular weight is 337 g/mol. The van der Waals surface area contributed by atoms with Crippen molar-refractivity contribution in [2.75, 3.05) is 24.7 Å². The first-order valence-electron chi connectivity index (χ1n) is 8.49. The van der Waals surface area contributed by atoms with Crippen LogP contribution in [0.4, 0.5) is 11.8 Å². The molecule has 25 heavy (non-hydrogen) atoms. The zero-order chi connectivity index (χ0) is 17.6. The molecular weight excluding hydrogens is 314 g/mol. The number of pyridine rings is 1. The number of hydrogen-bond donors (Lipinski definition) is 2. The summed E-state index contributed by atoms with van der Waals surface area (Å²) in [6.07, 6.45) is 2.91. The van der Waals surface area contributed by atoms with E-state index in [2.05, 4.69) is 22.2 Å². The van der Waals surface area contributed by atoms with Gasteiger partial charge in [-0.3, -0.25) is 0 Å². The maximum atomic E-state index is 5.82. The highest BCUT2D eigenvalue weighted by Gasteiger charge is 2.09. The maximum Gasteiger partial charge on any atom is 0.222 e. The molecule has 0 bridgehead atoms. The van der Waals surface area contributed by atoms with Gasteiger partial charge in [0.05, 0.1) is 12.6 Å². The minimum absolute atomic E-state index is 0.260. The summed E-state index contributed by atoms with van der Waals surface area (Å²) in [4.78, 5) is 13.4. The van der Waals surface area contributed by atoms with E-state index in [0.29, 0.717) is 5.82 Å². The number of aromatic nitrogens is 3. The number of nitrogens with two attached hydrogens (primary N) is 1. The third-order valence-electron chi connectivity index (χ3n) is 3.98. The first kappa shape index (κ1) is 17.0. The van der Waals surface area contributed by atoms with Gasteiger partial charge in [0.25, 0.3) is 0 Å². The number of nitrogens with one attached hydrogen (secondary N) is 1. The van der Waals surface area contributed by atoms with Crippen LogP contribution in [0.2, 0.25) is 0 Å². The molecule has 0 radical (unpaired) electrons. The Kier molecular flexibility index (Phi) is 5.28. The normalized spacial score (nSPS) is 10.8. The van der Waals surface area contributed by atoms with Crippen LogP contribution in [0.3, 0.4) is 0 Å². The Morgan fingerprint density at radius 3 is 2.56 bits per heavy atom. The largest absolute Gasteiger partial charge is 0.497 e. The van der Waals surface area contributed by atoms with Gasteiger partial charge in [-0.1, -0.05) is 25.5 Å². The Bertz CT molecular complexity index is 848. The van der Waals surface area contributed by atoms with Crippen molar-refractivity contribution in [2.24, 2.45) is 0 Å². The van der Waals surface area contributed by atoms with Gasteiger partial charge in [0.1, 0.15) is 11.3 Å². The fraction of sp³-hybridized carbons (Fsp3) is 0.316. The van der Waals surface area contributed by atoms with Gasteiger partial charge in [0, 0.05) is 18.7 Å². The van der Waals surface area contributed by atoms with Crippen molar-refractivity contribution in [1.29, 1.82) is 0 Å². The van der Waals surface area contributed by atoms with Crippen LogP contribution in [-0.4, -0.2) is 28.6 Å². The standard InChI is InChI=1S/C19H23N5O/c1-3-4-11-21-18-17-16(23-19(20)24-18)10-7-14(22-17)12-13-5-8-15(25-2)9-6-13/h5-10H,3-4,11-12H2,1-2H3,(H3,20,21,23,24). The van der Waals surface area contributed by atoms with E-state index in [-0.39, 0.29) is 5.95 Å². The summed E-state index contributed by atoms with van der Waals surface area (Å²) in [6.45, 7) is 2.99. The summed E-state index contributed by atoms with van der Waals surface area (Å²) < 4.78 is 5.20.